The Hall–Kier alpha value is -1.85. The van der Waals surface area contributed by atoms with Crippen LogP contribution in [-0.4, -0.2) is 43.1 Å². The molecular weight excluding hydrogens is 356 g/mol. The maximum absolute atomic E-state index is 12.8. The molecule has 1 aromatic heterocycles. The predicted octanol–water partition coefficient (Wildman–Crippen LogP) is 4.66. The molecule has 1 aliphatic rings. The van der Waals surface area contributed by atoms with Crippen LogP contribution in [0.2, 0.25) is 0 Å². The molecular formula is C22H30N2O2S. The van der Waals surface area contributed by atoms with E-state index in [0.717, 1.165) is 23.5 Å². The molecule has 1 amide bonds. The molecule has 1 unspecified atom stereocenters. The van der Waals surface area contributed by atoms with Crippen molar-refractivity contribution < 1.29 is 9.53 Å². The summed E-state index contributed by atoms with van der Waals surface area (Å²) in [5.41, 5.74) is 1.11. The van der Waals surface area contributed by atoms with E-state index in [9.17, 15) is 4.79 Å². The van der Waals surface area contributed by atoms with Crippen molar-refractivity contribution >= 4 is 17.2 Å². The van der Waals surface area contributed by atoms with Gasteiger partial charge in [-0.15, -0.1) is 11.3 Å². The molecule has 1 fully saturated rings. The van der Waals surface area contributed by atoms with Crippen LogP contribution in [0.5, 0.6) is 5.75 Å². The molecule has 0 bridgehead atoms. The monoisotopic (exact) mass is 386 g/mol. The summed E-state index contributed by atoms with van der Waals surface area (Å²) in [6, 6.07) is 12.7. The Morgan fingerprint density at radius 3 is 2.81 bits per heavy atom. The van der Waals surface area contributed by atoms with E-state index >= 15 is 0 Å². The van der Waals surface area contributed by atoms with Crippen LogP contribution in [0.15, 0.2) is 36.4 Å². The summed E-state index contributed by atoms with van der Waals surface area (Å²) in [5, 5.41) is 3.16. The van der Waals surface area contributed by atoms with E-state index in [0.29, 0.717) is 29.2 Å². The third-order valence-corrected chi connectivity index (χ3v) is 6.26. The Kier molecular flexibility index (Phi) is 6.91. The second-order valence-electron chi connectivity index (χ2n) is 7.41. The first-order chi connectivity index (χ1) is 13.1. The summed E-state index contributed by atoms with van der Waals surface area (Å²) in [5.74, 6) is 1.19. The number of nitrogens with zero attached hydrogens (tertiary/aromatic N) is 1. The molecule has 146 valence electrons. The van der Waals surface area contributed by atoms with Crippen molar-refractivity contribution in [2.75, 3.05) is 26.2 Å². The number of hydrogen-bond donors (Lipinski definition) is 1. The van der Waals surface area contributed by atoms with Crippen molar-refractivity contribution in [1.82, 2.24) is 10.2 Å². The number of piperidine rings is 1. The second-order valence-corrected chi connectivity index (χ2v) is 8.46. The number of rotatable bonds is 7. The molecule has 3 rings (SSSR count). The quantitative estimate of drug-likeness (QED) is 0.752. The molecule has 1 aliphatic heterocycles. The van der Waals surface area contributed by atoms with Crippen molar-refractivity contribution in [1.29, 1.82) is 0 Å². The zero-order valence-corrected chi connectivity index (χ0v) is 17.3. The van der Waals surface area contributed by atoms with Crippen LogP contribution in [-0.2, 0) is 0 Å². The Morgan fingerprint density at radius 1 is 1.33 bits per heavy atom. The normalized spacial score (nSPS) is 17.9. The molecule has 0 aliphatic carbocycles. The Bertz CT molecular complexity index is 742. The maximum Gasteiger partial charge on any atom is 0.265 e. The molecule has 4 nitrogen and oxygen atoms in total. The fourth-order valence-corrected chi connectivity index (χ4v) is 4.61. The molecule has 1 N–H and O–H groups in total. The number of carbonyl (C=O) groups is 1. The van der Waals surface area contributed by atoms with E-state index in [1.54, 1.807) is 0 Å². The zero-order chi connectivity index (χ0) is 19.2. The third kappa shape index (κ3) is 5.11. The molecule has 1 atom stereocenters. The molecule has 1 saturated heterocycles. The molecule has 0 spiro atoms. The van der Waals surface area contributed by atoms with Crippen LogP contribution in [0, 0.1) is 5.92 Å². The average Bonchev–Trinajstić information content (AvgIpc) is 3.11. The van der Waals surface area contributed by atoms with Crippen LogP contribution >= 0.6 is 11.3 Å². The van der Waals surface area contributed by atoms with Gasteiger partial charge in [0.05, 0.1) is 6.61 Å². The lowest BCUT2D eigenvalue weighted by Crippen LogP contribution is -2.43. The van der Waals surface area contributed by atoms with Gasteiger partial charge in [-0.25, -0.2) is 0 Å². The number of nitrogens with one attached hydrogen (secondary N) is 1. The predicted molar refractivity (Wildman–Crippen MR) is 113 cm³/mol. The average molecular weight is 387 g/mol. The summed E-state index contributed by atoms with van der Waals surface area (Å²) in [6.07, 6.45) is 2.39. The fourth-order valence-electron chi connectivity index (χ4n) is 3.59. The van der Waals surface area contributed by atoms with E-state index < -0.39 is 0 Å². The first kappa shape index (κ1) is 19.9. The molecule has 2 heterocycles. The smallest absolute Gasteiger partial charge is 0.265 e. The van der Waals surface area contributed by atoms with Crippen LogP contribution in [0.3, 0.4) is 0 Å². The standard InChI is InChI=1S/C22H30N2O2S/c1-4-26-19-13-20(18-10-6-5-7-11-18)27-21(19)22(25)23-14-17-9-8-12-24(15-17)16(2)3/h5-7,10-11,13,16-17H,4,8-9,12,14-15H2,1-3H3,(H,23,25). The minimum Gasteiger partial charge on any atom is -0.492 e. The van der Waals surface area contributed by atoms with Gasteiger partial charge in [-0.05, 0) is 57.7 Å². The highest BCUT2D eigenvalue weighted by molar-refractivity contribution is 7.17. The topological polar surface area (TPSA) is 41.6 Å². The lowest BCUT2D eigenvalue weighted by molar-refractivity contribution is 0.0923. The molecule has 5 heteroatoms. The second kappa shape index (κ2) is 9.38. The highest BCUT2D eigenvalue weighted by Crippen LogP contribution is 2.36. The van der Waals surface area contributed by atoms with Gasteiger partial charge in [0.1, 0.15) is 10.6 Å². The van der Waals surface area contributed by atoms with Crippen molar-refractivity contribution in [3.05, 3.63) is 41.3 Å². The van der Waals surface area contributed by atoms with Gasteiger partial charge in [0.25, 0.3) is 5.91 Å². The number of carbonyl (C=O) groups excluding carboxylic acids is 1. The van der Waals surface area contributed by atoms with Crippen LogP contribution in [0.1, 0.15) is 43.3 Å². The minimum absolute atomic E-state index is 0.0210. The van der Waals surface area contributed by atoms with Crippen molar-refractivity contribution in [2.24, 2.45) is 5.92 Å². The van der Waals surface area contributed by atoms with Gasteiger partial charge in [-0.1, -0.05) is 30.3 Å². The van der Waals surface area contributed by atoms with E-state index in [2.05, 4.69) is 36.2 Å². The van der Waals surface area contributed by atoms with Crippen molar-refractivity contribution in [2.45, 2.75) is 39.7 Å². The fraction of sp³-hybridized carbons (Fsp3) is 0.500. The molecule has 0 radical (unpaired) electrons. The summed E-state index contributed by atoms with van der Waals surface area (Å²) < 4.78 is 5.74. The van der Waals surface area contributed by atoms with E-state index in [1.807, 2.05) is 31.2 Å². The Balaban J connectivity index is 1.67. The highest BCUT2D eigenvalue weighted by Gasteiger charge is 2.23. The van der Waals surface area contributed by atoms with Gasteiger partial charge in [-0.2, -0.15) is 0 Å². The first-order valence-corrected chi connectivity index (χ1v) is 10.7. The van der Waals surface area contributed by atoms with Crippen LogP contribution in [0.4, 0.5) is 0 Å². The number of benzene rings is 1. The van der Waals surface area contributed by atoms with E-state index in [-0.39, 0.29) is 5.91 Å². The maximum atomic E-state index is 12.8. The highest BCUT2D eigenvalue weighted by atomic mass is 32.1. The van der Waals surface area contributed by atoms with Gasteiger partial charge in [0, 0.05) is 24.0 Å². The molecule has 0 saturated carbocycles. The number of ether oxygens (including phenoxy) is 1. The van der Waals surface area contributed by atoms with Crippen LogP contribution < -0.4 is 10.1 Å². The van der Waals surface area contributed by atoms with Gasteiger partial charge in [0.15, 0.2) is 0 Å². The zero-order valence-electron chi connectivity index (χ0n) is 16.5. The number of thiophene rings is 1. The number of likely N-dealkylation sites (tertiary alicyclic amines) is 1. The molecule has 27 heavy (non-hydrogen) atoms. The Morgan fingerprint density at radius 2 is 2.11 bits per heavy atom. The Labute approximate surface area is 166 Å². The van der Waals surface area contributed by atoms with Crippen molar-refractivity contribution in [3.63, 3.8) is 0 Å². The molecule has 2 aromatic rings. The van der Waals surface area contributed by atoms with Crippen molar-refractivity contribution in [3.8, 4) is 16.2 Å². The number of hydrogen-bond acceptors (Lipinski definition) is 4. The summed E-state index contributed by atoms with van der Waals surface area (Å²) in [6.45, 7) is 9.95. The minimum atomic E-state index is -0.0210. The molecule has 1 aromatic carbocycles. The summed E-state index contributed by atoms with van der Waals surface area (Å²) >= 11 is 1.51. The SMILES string of the molecule is CCOc1cc(-c2ccccc2)sc1C(=O)NCC1CCCN(C(C)C)C1. The summed E-state index contributed by atoms with van der Waals surface area (Å²) in [4.78, 5) is 17.1. The van der Waals surface area contributed by atoms with Gasteiger partial charge >= 0.3 is 0 Å². The summed E-state index contributed by atoms with van der Waals surface area (Å²) in [7, 11) is 0. The largest absolute Gasteiger partial charge is 0.492 e. The van der Waals surface area contributed by atoms with E-state index in [1.165, 1.54) is 30.7 Å². The lowest BCUT2D eigenvalue weighted by atomic mass is 9.97. The van der Waals surface area contributed by atoms with Gasteiger partial charge < -0.3 is 15.0 Å². The van der Waals surface area contributed by atoms with Gasteiger partial charge in [0.2, 0.25) is 0 Å². The number of amides is 1. The van der Waals surface area contributed by atoms with Crippen LogP contribution in [0.25, 0.3) is 10.4 Å². The van der Waals surface area contributed by atoms with E-state index in [4.69, 9.17) is 4.74 Å². The first-order valence-electron chi connectivity index (χ1n) is 9.92. The lowest BCUT2D eigenvalue weighted by Gasteiger charge is -2.35. The third-order valence-electron chi connectivity index (χ3n) is 5.09. The van der Waals surface area contributed by atoms with Gasteiger partial charge in [-0.3, -0.25) is 4.79 Å².